The van der Waals surface area contributed by atoms with Crippen LogP contribution in [0.2, 0.25) is 0 Å². The predicted octanol–water partition coefficient (Wildman–Crippen LogP) is 2.92. The molecule has 3 aromatic rings. The molecule has 28 heavy (non-hydrogen) atoms. The lowest BCUT2D eigenvalue weighted by atomic mass is 10.2. The molecule has 1 heterocycles. The third-order valence-corrected chi connectivity index (χ3v) is 3.84. The van der Waals surface area contributed by atoms with Gasteiger partial charge in [-0.05, 0) is 30.3 Å². The summed E-state index contributed by atoms with van der Waals surface area (Å²) in [5.74, 6) is -1.59. The number of phenolic OH excluding ortho intramolecular Hbond substituents is 1. The van der Waals surface area contributed by atoms with Crippen molar-refractivity contribution in [2.45, 2.75) is 12.7 Å². The molecular formula is C18H15F3N4O3. The average molecular weight is 392 g/mol. The number of alkyl halides is 3. The number of imidazole rings is 1. The Balaban J connectivity index is 1.79. The van der Waals surface area contributed by atoms with Crippen LogP contribution < -0.4 is 10.2 Å². The molecule has 2 aromatic carbocycles. The highest BCUT2D eigenvalue weighted by Gasteiger charge is 2.37. The number of nitrogens with one attached hydrogen (secondary N) is 1. The number of para-hydroxylation sites is 2. The van der Waals surface area contributed by atoms with E-state index in [0.717, 1.165) is 10.8 Å². The number of amides is 1. The highest BCUT2D eigenvalue weighted by atomic mass is 19.4. The molecule has 1 amide bonds. The monoisotopic (exact) mass is 392 g/mol. The fraction of sp³-hybridized carbons (Fsp3) is 0.167. The summed E-state index contributed by atoms with van der Waals surface area (Å²) in [5, 5.41) is 13.4. The molecule has 3 rings (SSSR count). The summed E-state index contributed by atoms with van der Waals surface area (Å²) in [4.78, 5) is 15.7. The molecule has 7 nitrogen and oxygen atoms in total. The van der Waals surface area contributed by atoms with Gasteiger partial charge in [-0.3, -0.25) is 4.79 Å². The molecule has 0 saturated heterocycles. The molecule has 0 aliphatic heterocycles. The predicted molar refractivity (Wildman–Crippen MR) is 95.1 cm³/mol. The molecule has 0 saturated carbocycles. The summed E-state index contributed by atoms with van der Waals surface area (Å²) in [5.41, 5.74) is 2.72. The maximum atomic E-state index is 13.2. The number of hydrogen-bond acceptors (Lipinski definition) is 5. The number of carbonyl (C=O) groups is 1. The molecular weight excluding hydrogens is 377 g/mol. The molecule has 0 radical (unpaired) electrons. The first-order valence-electron chi connectivity index (χ1n) is 8.01. The van der Waals surface area contributed by atoms with Crippen LogP contribution in [-0.4, -0.2) is 33.9 Å². The number of aromatic nitrogens is 2. The molecule has 146 valence electrons. The normalized spacial score (nSPS) is 11.9. The minimum Gasteiger partial charge on any atom is -0.507 e. The number of phenols is 1. The number of halogens is 3. The van der Waals surface area contributed by atoms with Gasteiger partial charge in [0.15, 0.2) is 0 Å². The van der Waals surface area contributed by atoms with Gasteiger partial charge in [0.05, 0.1) is 24.4 Å². The first-order valence-corrected chi connectivity index (χ1v) is 8.01. The number of carbonyl (C=O) groups excluding carboxylic acids is 1. The van der Waals surface area contributed by atoms with E-state index in [9.17, 15) is 23.1 Å². The van der Waals surface area contributed by atoms with Crippen molar-refractivity contribution in [2.24, 2.45) is 5.10 Å². The molecule has 2 N–H and O–H groups in total. The van der Waals surface area contributed by atoms with Crippen molar-refractivity contribution in [3.63, 3.8) is 0 Å². The molecule has 1 aromatic heterocycles. The molecule has 0 atom stereocenters. The SMILES string of the molecule is COc1ccc(O)c(/C=N/NC(=O)Cn2c(C(F)(F)F)nc3ccccc32)c1. The molecule has 0 fully saturated rings. The summed E-state index contributed by atoms with van der Waals surface area (Å²) in [6, 6.07) is 10.4. The fourth-order valence-corrected chi connectivity index (χ4v) is 2.57. The number of hydrogen-bond donors (Lipinski definition) is 2. The smallest absolute Gasteiger partial charge is 0.449 e. The van der Waals surface area contributed by atoms with Crippen molar-refractivity contribution in [3.8, 4) is 11.5 Å². The minimum absolute atomic E-state index is 0.0984. The number of hydrazone groups is 1. The van der Waals surface area contributed by atoms with Crippen LogP contribution in [0.1, 0.15) is 11.4 Å². The van der Waals surface area contributed by atoms with Crippen molar-refractivity contribution in [1.29, 1.82) is 0 Å². The van der Waals surface area contributed by atoms with E-state index in [2.05, 4.69) is 15.5 Å². The van der Waals surface area contributed by atoms with Gasteiger partial charge in [0.1, 0.15) is 18.0 Å². The van der Waals surface area contributed by atoms with Crippen LogP contribution in [0, 0.1) is 0 Å². The van der Waals surface area contributed by atoms with Crippen molar-refractivity contribution >= 4 is 23.2 Å². The molecule has 0 aliphatic carbocycles. The van der Waals surface area contributed by atoms with Gasteiger partial charge >= 0.3 is 6.18 Å². The van der Waals surface area contributed by atoms with Crippen LogP contribution in [0.3, 0.4) is 0 Å². The number of ether oxygens (including phenoxy) is 1. The second-order valence-electron chi connectivity index (χ2n) is 5.73. The Kier molecular flexibility index (Phi) is 5.21. The number of fused-ring (bicyclic) bond motifs is 1. The van der Waals surface area contributed by atoms with Gasteiger partial charge in [0.25, 0.3) is 5.91 Å². The number of rotatable bonds is 5. The van der Waals surface area contributed by atoms with E-state index >= 15 is 0 Å². The Morgan fingerprint density at radius 2 is 2.07 bits per heavy atom. The van der Waals surface area contributed by atoms with E-state index in [1.165, 1.54) is 37.4 Å². The molecule has 0 bridgehead atoms. The van der Waals surface area contributed by atoms with Gasteiger partial charge in [0.2, 0.25) is 5.82 Å². The second kappa shape index (κ2) is 7.59. The van der Waals surface area contributed by atoms with Gasteiger partial charge in [-0.15, -0.1) is 0 Å². The van der Waals surface area contributed by atoms with Crippen LogP contribution in [0.5, 0.6) is 11.5 Å². The topological polar surface area (TPSA) is 88.7 Å². The van der Waals surface area contributed by atoms with Crippen LogP contribution in [0.15, 0.2) is 47.6 Å². The maximum Gasteiger partial charge on any atom is 0.449 e. The molecule has 0 unspecified atom stereocenters. The third kappa shape index (κ3) is 4.05. The van der Waals surface area contributed by atoms with E-state index in [-0.39, 0.29) is 22.3 Å². The summed E-state index contributed by atoms with van der Waals surface area (Å²) in [7, 11) is 1.45. The largest absolute Gasteiger partial charge is 0.507 e. The first-order chi connectivity index (χ1) is 13.3. The number of benzene rings is 2. The number of nitrogens with zero attached hydrogens (tertiary/aromatic N) is 3. The Morgan fingerprint density at radius 1 is 1.32 bits per heavy atom. The molecule has 0 aliphatic rings. The Hall–Kier alpha value is -3.56. The van der Waals surface area contributed by atoms with Gasteiger partial charge < -0.3 is 14.4 Å². The third-order valence-electron chi connectivity index (χ3n) is 3.84. The van der Waals surface area contributed by atoms with Gasteiger partial charge in [-0.1, -0.05) is 12.1 Å². The van der Waals surface area contributed by atoms with Crippen LogP contribution in [0.4, 0.5) is 13.2 Å². The maximum absolute atomic E-state index is 13.2. The lowest BCUT2D eigenvalue weighted by Crippen LogP contribution is -2.26. The minimum atomic E-state index is -4.71. The summed E-state index contributed by atoms with van der Waals surface area (Å²) in [6.07, 6.45) is -3.55. The fourth-order valence-electron chi connectivity index (χ4n) is 2.57. The Labute approximate surface area is 157 Å². The van der Waals surface area contributed by atoms with Crippen molar-refractivity contribution in [1.82, 2.24) is 15.0 Å². The number of aromatic hydroxyl groups is 1. The second-order valence-corrected chi connectivity index (χ2v) is 5.73. The zero-order chi connectivity index (χ0) is 20.3. The van der Waals surface area contributed by atoms with Gasteiger partial charge in [-0.25, -0.2) is 10.4 Å². The van der Waals surface area contributed by atoms with Crippen LogP contribution in [0.25, 0.3) is 11.0 Å². The van der Waals surface area contributed by atoms with E-state index in [4.69, 9.17) is 4.74 Å². The quantitative estimate of drug-likeness (QED) is 0.516. The van der Waals surface area contributed by atoms with E-state index in [1.54, 1.807) is 12.1 Å². The van der Waals surface area contributed by atoms with E-state index in [0.29, 0.717) is 5.75 Å². The molecule has 10 heteroatoms. The summed E-state index contributed by atoms with van der Waals surface area (Å²) in [6.45, 7) is -0.628. The Bertz CT molecular complexity index is 1040. The van der Waals surface area contributed by atoms with Crippen LogP contribution in [-0.2, 0) is 17.5 Å². The highest BCUT2D eigenvalue weighted by molar-refractivity contribution is 5.86. The highest BCUT2D eigenvalue weighted by Crippen LogP contribution is 2.31. The van der Waals surface area contributed by atoms with Crippen molar-refractivity contribution in [3.05, 3.63) is 53.9 Å². The summed E-state index contributed by atoms with van der Waals surface area (Å²) >= 11 is 0. The number of methoxy groups -OCH3 is 1. The lowest BCUT2D eigenvalue weighted by molar-refractivity contribution is -0.147. The van der Waals surface area contributed by atoms with Gasteiger partial charge in [-0.2, -0.15) is 18.3 Å². The van der Waals surface area contributed by atoms with Crippen molar-refractivity contribution < 1.29 is 27.8 Å². The van der Waals surface area contributed by atoms with Crippen molar-refractivity contribution in [2.75, 3.05) is 7.11 Å². The first kappa shape index (κ1) is 19.2. The van der Waals surface area contributed by atoms with E-state index < -0.39 is 24.5 Å². The van der Waals surface area contributed by atoms with Crippen LogP contribution >= 0.6 is 0 Å². The Morgan fingerprint density at radius 3 is 2.79 bits per heavy atom. The zero-order valence-electron chi connectivity index (χ0n) is 14.6. The standard InChI is InChI=1S/C18H15F3N4O3/c1-28-12-6-7-15(26)11(8-12)9-22-24-16(27)10-25-14-5-3-2-4-13(14)23-17(25)18(19,20)21/h2-9,26H,10H2,1H3,(H,24,27)/b22-9+. The zero-order valence-corrected chi connectivity index (χ0v) is 14.6. The average Bonchev–Trinajstić information content (AvgIpc) is 3.02. The lowest BCUT2D eigenvalue weighted by Gasteiger charge is -2.10. The molecule has 0 spiro atoms. The van der Waals surface area contributed by atoms with E-state index in [1.807, 2.05) is 0 Å². The van der Waals surface area contributed by atoms with Gasteiger partial charge in [0, 0.05) is 5.56 Å². The summed E-state index contributed by atoms with van der Waals surface area (Å²) < 4.78 is 45.5.